The van der Waals surface area contributed by atoms with Crippen molar-refractivity contribution in [2.24, 2.45) is 5.41 Å². The van der Waals surface area contributed by atoms with Crippen molar-refractivity contribution in [2.45, 2.75) is 51.2 Å². The van der Waals surface area contributed by atoms with Crippen LogP contribution in [0, 0.1) is 24.0 Å². The Hall–Kier alpha value is -2.55. The van der Waals surface area contributed by atoms with Crippen molar-refractivity contribution in [3.05, 3.63) is 69.8 Å². The molecule has 2 saturated heterocycles. The summed E-state index contributed by atoms with van der Waals surface area (Å²) in [6, 6.07) is 9.27. The molecule has 36 heavy (non-hydrogen) atoms. The van der Waals surface area contributed by atoms with Gasteiger partial charge in [-0.3, -0.25) is 9.47 Å². The molecule has 3 aromatic rings. The second kappa shape index (κ2) is 8.23. The molecule has 1 saturated carbocycles. The van der Waals surface area contributed by atoms with Gasteiger partial charge in [-0.05, 0) is 61.6 Å². The third kappa shape index (κ3) is 3.49. The molecule has 0 unspecified atom stereocenters. The smallest absolute Gasteiger partial charge is 0.152 e. The Balaban J connectivity index is 1.14. The molecule has 9 heteroatoms. The third-order valence-electron chi connectivity index (χ3n) is 8.53. The van der Waals surface area contributed by atoms with Gasteiger partial charge >= 0.3 is 0 Å². The van der Waals surface area contributed by atoms with E-state index in [4.69, 9.17) is 16.3 Å². The molecule has 0 radical (unpaired) electrons. The van der Waals surface area contributed by atoms with E-state index >= 15 is 0 Å². The minimum Gasteiger partial charge on any atom is -0.380 e. The predicted octanol–water partition coefficient (Wildman–Crippen LogP) is 5.00. The largest absolute Gasteiger partial charge is 0.380 e. The molecule has 7 rings (SSSR count). The van der Waals surface area contributed by atoms with Gasteiger partial charge < -0.3 is 9.64 Å². The van der Waals surface area contributed by atoms with Crippen LogP contribution in [-0.4, -0.2) is 52.0 Å². The lowest BCUT2D eigenvalue weighted by Crippen LogP contribution is -2.62. The SMILES string of the molecule is Cc1ccc(F)c(N2CC3(CC(c4nnc5n4-c4ccc(Cl)cc4CN([C@H]4CCOC4)C5)C3)C2)c1F. The van der Waals surface area contributed by atoms with Gasteiger partial charge in [0.25, 0.3) is 0 Å². The molecular formula is C27H28ClF2N5O. The first-order valence-electron chi connectivity index (χ1n) is 12.7. The molecule has 188 valence electrons. The molecule has 1 aliphatic carbocycles. The summed E-state index contributed by atoms with van der Waals surface area (Å²) in [7, 11) is 0. The molecule has 1 atom stereocenters. The standard InChI is InChI=1S/C27H28ClF2N5O/c1-16-2-4-21(29)25(24(16)30)34-14-27(15-34)9-18(10-27)26-32-31-23-12-33(20-6-7-36-13-20)11-17-8-19(28)3-5-22(17)35(23)26/h2-5,8,18,20H,6-7,9-15H2,1H3/t20-/m0/s1. The summed E-state index contributed by atoms with van der Waals surface area (Å²) in [5, 5.41) is 10.0. The van der Waals surface area contributed by atoms with Crippen molar-refractivity contribution >= 4 is 17.3 Å². The molecule has 6 nitrogen and oxygen atoms in total. The van der Waals surface area contributed by atoms with E-state index in [1.165, 1.54) is 17.7 Å². The topological polar surface area (TPSA) is 46.4 Å². The summed E-state index contributed by atoms with van der Waals surface area (Å²) in [5.74, 6) is 1.26. The fourth-order valence-electron chi connectivity index (χ4n) is 6.66. The van der Waals surface area contributed by atoms with E-state index in [1.54, 1.807) is 6.92 Å². The van der Waals surface area contributed by atoms with E-state index < -0.39 is 11.6 Å². The van der Waals surface area contributed by atoms with Gasteiger partial charge in [-0.15, -0.1) is 10.2 Å². The highest BCUT2D eigenvalue weighted by Crippen LogP contribution is 2.57. The van der Waals surface area contributed by atoms with Crippen LogP contribution in [0.2, 0.25) is 5.02 Å². The zero-order valence-corrected chi connectivity index (χ0v) is 20.9. The lowest BCUT2D eigenvalue weighted by atomic mass is 9.57. The number of aromatic nitrogens is 3. The van der Waals surface area contributed by atoms with Crippen molar-refractivity contribution in [2.75, 3.05) is 31.2 Å². The number of nitrogens with zero attached hydrogens (tertiary/aromatic N) is 5. The van der Waals surface area contributed by atoms with Crippen LogP contribution in [0.1, 0.15) is 48.0 Å². The Kier molecular flexibility index (Phi) is 5.17. The van der Waals surface area contributed by atoms with Crippen LogP contribution in [-0.2, 0) is 17.8 Å². The van der Waals surface area contributed by atoms with Crippen LogP contribution in [0.25, 0.3) is 5.69 Å². The molecule has 1 spiro atoms. The summed E-state index contributed by atoms with van der Waals surface area (Å²) in [6.07, 6.45) is 2.90. The van der Waals surface area contributed by atoms with Gasteiger partial charge in [-0.25, -0.2) is 8.78 Å². The normalized spacial score (nSPS) is 23.2. The lowest BCUT2D eigenvalue weighted by molar-refractivity contribution is 0.0576. The van der Waals surface area contributed by atoms with E-state index in [9.17, 15) is 8.78 Å². The minimum absolute atomic E-state index is 0.0838. The highest BCUT2D eigenvalue weighted by Gasteiger charge is 2.55. The number of hydrogen-bond acceptors (Lipinski definition) is 5. The number of benzene rings is 2. The van der Waals surface area contributed by atoms with Crippen LogP contribution in [0.5, 0.6) is 0 Å². The Morgan fingerprint density at radius 3 is 2.69 bits per heavy atom. The third-order valence-corrected chi connectivity index (χ3v) is 8.77. The highest BCUT2D eigenvalue weighted by molar-refractivity contribution is 6.30. The molecule has 3 fully saturated rings. The first-order valence-corrected chi connectivity index (χ1v) is 13.0. The van der Waals surface area contributed by atoms with Crippen molar-refractivity contribution < 1.29 is 13.5 Å². The number of ether oxygens (including phenoxy) is 1. The number of hydrogen-bond donors (Lipinski definition) is 0. The lowest BCUT2D eigenvalue weighted by Gasteiger charge is -2.59. The average Bonchev–Trinajstić information content (AvgIpc) is 3.44. The number of aryl methyl sites for hydroxylation is 1. The van der Waals surface area contributed by atoms with Crippen LogP contribution < -0.4 is 4.90 Å². The first kappa shape index (κ1) is 22.6. The molecule has 4 aliphatic rings. The van der Waals surface area contributed by atoms with Crippen LogP contribution in [0.3, 0.4) is 0 Å². The highest BCUT2D eigenvalue weighted by atomic mass is 35.5. The molecule has 0 amide bonds. The van der Waals surface area contributed by atoms with Gasteiger partial charge in [0.1, 0.15) is 17.3 Å². The van der Waals surface area contributed by atoms with Gasteiger partial charge in [0, 0.05) is 48.6 Å². The Morgan fingerprint density at radius 1 is 1.08 bits per heavy atom. The van der Waals surface area contributed by atoms with Gasteiger partial charge in [-0.1, -0.05) is 17.7 Å². The number of anilines is 1. The Labute approximate surface area is 213 Å². The van der Waals surface area contributed by atoms with E-state index in [2.05, 4.69) is 31.8 Å². The first-order chi connectivity index (χ1) is 17.4. The Morgan fingerprint density at radius 2 is 1.92 bits per heavy atom. The molecular weight excluding hydrogens is 484 g/mol. The molecule has 2 aromatic carbocycles. The maximum absolute atomic E-state index is 14.6. The zero-order chi connectivity index (χ0) is 24.6. The summed E-state index contributed by atoms with van der Waals surface area (Å²) in [4.78, 5) is 4.27. The zero-order valence-electron chi connectivity index (χ0n) is 20.2. The fraction of sp³-hybridized carbons (Fsp3) is 0.481. The second-order valence-corrected chi connectivity index (χ2v) is 11.4. The van der Waals surface area contributed by atoms with Gasteiger partial charge in [-0.2, -0.15) is 0 Å². The van der Waals surface area contributed by atoms with Crippen LogP contribution in [0.4, 0.5) is 14.5 Å². The maximum Gasteiger partial charge on any atom is 0.152 e. The summed E-state index contributed by atoms with van der Waals surface area (Å²) in [5.41, 5.74) is 2.93. The fourth-order valence-corrected chi connectivity index (χ4v) is 6.86. The molecule has 4 heterocycles. The van der Waals surface area contributed by atoms with Crippen molar-refractivity contribution in [3.63, 3.8) is 0 Å². The summed E-state index contributed by atoms with van der Waals surface area (Å²) >= 11 is 6.40. The predicted molar refractivity (Wildman–Crippen MR) is 133 cm³/mol. The van der Waals surface area contributed by atoms with E-state index in [1.807, 2.05) is 11.0 Å². The minimum atomic E-state index is -0.487. The second-order valence-electron chi connectivity index (χ2n) is 11.0. The van der Waals surface area contributed by atoms with Crippen molar-refractivity contribution in [1.29, 1.82) is 0 Å². The van der Waals surface area contributed by atoms with Crippen molar-refractivity contribution in [3.8, 4) is 5.69 Å². The summed E-state index contributed by atoms with van der Waals surface area (Å²) < 4.78 is 36.9. The Bertz CT molecular complexity index is 1340. The maximum atomic E-state index is 14.6. The van der Waals surface area contributed by atoms with E-state index in [0.29, 0.717) is 31.2 Å². The van der Waals surface area contributed by atoms with Gasteiger partial charge in [0.2, 0.25) is 0 Å². The molecule has 0 N–H and O–H groups in total. The number of fused-ring (bicyclic) bond motifs is 3. The average molecular weight is 512 g/mol. The van der Waals surface area contributed by atoms with Gasteiger partial charge in [0.15, 0.2) is 11.6 Å². The summed E-state index contributed by atoms with van der Waals surface area (Å²) in [6.45, 7) is 6.05. The van der Waals surface area contributed by atoms with E-state index in [-0.39, 0.29) is 17.0 Å². The molecule has 0 bridgehead atoms. The van der Waals surface area contributed by atoms with Crippen LogP contribution >= 0.6 is 11.6 Å². The van der Waals surface area contributed by atoms with Crippen LogP contribution in [0.15, 0.2) is 30.3 Å². The molecule has 1 aromatic heterocycles. The number of rotatable bonds is 3. The monoisotopic (exact) mass is 511 g/mol. The molecule has 3 aliphatic heterocycles. The van der Waals surface area contributed by atoms with Gasteiger partial charge in [0.05, 0.1) is 18.8 Å². The number of halogens is 3. The quantitative estimate of drug-likeness (QED) is 0.495. The van der Waals surface area contributed by atoms with E-state index in [0.717, 1.165) is 61.4 Å². The van der Waals surface area contributed by atoms with Crippen molar-refractivity contribution in [1.82, 2.24) is 19.7 Å².